The van der Waals surface area contributed by atoms with E-state index in [1.807, 2.05) is 11.0 Å². The molecular formula is C38H52F9N5O2. The van der Waals surface area contributed by atoms with E-state index in [2.05, 4.69) is 42.8 Å². The largest absolute Gasteiger partial charge is 0.478 e. The summed E-state index contributed by atoms with van der Waals surface area (Å²) in [7, 11) is 1.74. The maximum absolute atomic E-state index is 13.5. The van der Waals surface area contributed by atoms with Crippen molar-refractivity contribution in [1.29, 1.82) is 0 Å². The molecule has 1 aliphatic heterocycles. The van der Waals surface area contributed by atoms with Crippen molar-refractivity contribution in [1.82, 2.24) is 20.2 Å². The number of alkyl halides is 9. The number of aryl methyl sites for hydroxylation is 3. The number of fused-ring (bicyclic) bond motifs is 1. The van der Waals surface area contributed by atoms with E-state index in [4.69, 9.17) is 0 Å². The molecule has 7 nitrogen and oxygen atoms in total. The molecule has 1 aliphatic rings. The summed E-state index contributed by atoms with van der Waals surface area (Å²) in [6.07, 6.45) is -8.41. The Kier molecular flexibility index (Phi) is 20.9. The second-order valence-corrected chi connectivity index (χ2v) is 13.1. The van der Waals surface area contributed by atoms with Crippen LogP contribution in [-0.4, -0.2) is 50.2 Å². The minimum atomic E-state index is -4.40. The van der Waals surface area contributed by atoms with Crippen molar-refractivity contribution in [3.8, 4) is 0 Å². The van der Waals surface area contributed by atoms with E-state index < -0.39 is 42.1 Å². The Balaban J connectivity index is 0.000000873. The third-order valence-electron chi connectivity index (χ3n) is 7.15. The molecule has 16 heteroatoms. The normalized spacial score (nSPS) is 14.0. The fourth-order valence-corrected chi connectivity index (χ4v) is 4.63. The first kappa shape index (κ1) is 49.6. The van der Waals surface area contributed by atoms with Crippen molar-refractivity contribution in [3.05, 3.63) is 93.8 Å². The zero-order valence-corrected chi connectivity index (χ0v) is 32.3. The van der Waals surface area contributed by atoms with Gasteiger partial charge < -0.3 is 10.0 Å². The van der Waals surface area contributed by atoms with Crippen molar-refractivity contribution >= 4 is 11.7 Å². The molecule has 304 valence electrons. The van der Waals surface area contributed by atoms with Crippen molar-refractivity contribution in [3.63, 3.8) is 0 Å². The number of halogens is 9. The fourth-order valence-electron chi connectivity index (χ4n) is 4.63. The zero-order valence-electron chi connectivity index (χ0n) is 32.3. The van der Waals surface area contributed by atoms with E-state index in [9.17, 15) is 49.4 Å². The van der Waals surface area contributed by atoms with Crippen molar-refractivity contribution in [2.75, 3.05) is 11.4 Å². The van der Waals surface area contributed by atoms with Crippen molar-refractivity contribution < 1.29 is 49.4 Å². The van der Waals surface area contributed by atoms with Gasteiger partial charge in [-0.05, 0) is 99.9 Å². The van der Waals surface area contributed by atoms with Gasteiger partial charge in [-0.3, -0.25) is 0 Å². The standard InChI is InChI=1S/C22H24F3NO2.C6H9F3.C4H5F3.C3H6N4.C3H8/c1-14-5-4-8-26(13-16-6-3-7-17(11-16)21(27)28)20-12-19(22(23,24)25)15(2)10-18(20)9-14;1-5(2)3-4-6(7,8)9;1-3(2)4(5,6)7;1-3-4-6-7(2)5-3;1-3-2/h3,6-7,10-12,14H,4-5,8-9,13H2,1-2H3,(H,27,28);3H,4H2,1-2H3;1H2,2H3;1-2H3;3H2,1-2H3. The second-order valence-electron chi connectivity index (χ2n) is 13.1. The van der Waals surface area contributed by atoms with Crippen LogP contribution in [0.5, 0.6) is 0 Å². The van der Waals surface area contributed by atoms with Crippen molar-refractivity contribution in [2.45, 2.75) is 113 Å². The molecule has 0 saturated heterocycles. The first-order valence-corrected chi connectivity index (χ1v) is 17.1. The summed E-state index contributed by atoms with van der Waals surface area (Å²) in [5.74, 6) is 0.105. The molecule has 0 aliphatic carbocycles. The number of carbonyl (C=O) groups is 1. The highest BCUT2D eigenvalue weighted by Crippen LogP contribution is 2.38. The summed E-state index contributed by atoms with van der Waals surface area (Å²) in [5, 5.41) is 20.2. The molecule has 1 unspecified atom stereocenters. The lowest BCUT2D eigenvalue weighted by Crippen LogP contribution is -2.28. The van der Waals surface area contributed by atoms with Crippen LogP contribution in [0, 0.1) is 19.8 Å². The Bertz CT molecular complexity index is 1610. The van der Waals surface area contributed by atoms with Gasteiger partial charge in [-0.2, -0.15) is 44.3 Å². The maximum atomic E-state index is 13.5. The summed E-state index contributed by atoms with van der Waals surface area (Å²) in [5.41, 5.74) is 2.06. The fraction of sp³-hybridized carbons (Fsp3) is 0.526. The molecule has 4 rings (SSSR count). The Morgan fingerprint density at radius 2 is 1.57 bits per heavy atom. The third-order valence-corrected chi connectivity index (χ3v) is 7.15. The highest BCUT2D eigenvalue weighted by Gasteiger charge is 2.34. The first-order valence-electron chi connectivity index (χ1n) is 17.1. The third kappa shape index (κ3) is 20.8. The molecular weight excluding hydrogens is 729 g/mol. The van der Waals surface area contributed by atoms with Gasteiger partial charge in [0.05, 0.1) is 24.6 Å². The molecule has 0 amide bonds. The highest BCUT2D eigenvalue weighted by molar-refractivity contribution is 5.87. The van der Waals surface area contributed by atoms with Crippen molar-refractivity contribution in [2.24, 2.45) is 13.0 Å². The molecule has 1 N–H and O–H groups in total. The van der Waals surface area contributed by atoms with Crippen LogP contribution in [0.1, 0.15) is 106 Å². The smallest absolute Gasteiger partial charge is 0.416 e. The lowest BCUT2D eigenvalue weighted by Gasteiger charge is -2.32. The number of aromatic carboxylic acids is 1. The molecule has 0 bridgehead atoms. The molecule has 0 spiro atoms. The predicted molar refractivity (Wildman–Crippen MR) is 193 cm³/mol. The topological polar surface area (TPSA) is 84.1 Å². The van der Waals surface area contributed by atoms with E-state index in [0.717, 1.165) is 37.3 Å². The minimum absolute atomic E-state index is 0.179. The van der Waals surface area contributed by atoms with E-state index in [1.54, 1.807) is 46.0 Å². The summed E-state index contributed by atoms with van der Waals surface area (Å²) < 4.78 is 108. The molecule has 3 aromatic rings. The highest BCUT2D eigenvalue weighted by atomic mass is 19.4. The SMILES string of the molecule is C=C(C)C(F)(F)F.CC(C)=CCC(F)(F)F.CCC.Cc1cc2c(cc1C(F)(F)F)N(Cc1cccc(C(=O)O)c1)CCCC(C)C2.Cc1nnn(C)n1. The summed E-state index contributed by atoms with van der Waals surface area (Å²) in [6, 6.07) is 9.52. The first-order chi connectivity index (χ1) is 24.7. The van der Waals surface area contributed by atoms with Gasteiger partial charge in [0.15, 0.2) is 5.82 Å². The lowest BCUT2D eigenvalue weighted by molar-refractivity contribution is -0.138. The van der Waals surface area contributed by atoms with Gasteiger partial charge in [0.1, 0.15) is 0 Å². The van der Waals surface area contributed by atoms with Gasteiger partial charge >= 0.3 is 24.5 Å². The van der Waals surface area contributed by atoms with Gasteiger partial charge in [0, 0.05) is 24.4 Å². The number of nitrogens with zero attached hydrogens (tertiary/aromatic N) is 5. The molecule has 1 atom stereocenters. The van der Waals surface area contributed by atoms with Crippen LogP contribution in [0.25, 0.3) is 0 Å². The van der Waals surface area contributed by atoms with Gasteiger partial charge in [-0.25, -0.2) is 4.79 Å². The van der Waals surface area contributed by atoms with E-state index in [-0.39, 0.29) is 11.1 Å². The molecule has 0 saturated carbocycles. The van der Waals surface area contributed by atoms with Crippen LogP contribution in [0.4, 0.5) is 45.2 Å². The number of benzene rings is 2. The Hall–Kier alpha value is -4.37. The number of rotatable bonds is 4. The van der Waals surface area contributed by atoms with Gasteiger partial charge in [0.2, 0.25) is 0 Å². The Morgan fingerprint density at radius 3 is 1.96 bits per heavy atom. The number of hydrogen-bond donors (Lipinski definition) is 1. The van der Waals surface area contributed by atoms with Gasteiger partial charge in [-0.15, -0.1) is 10.2 Å². The van der Waals surface area contributed by atoms with Crippen LogP contribution in [-0.2, 0) is 26.2 Å². The summed E-state index contributed by atoms with van der Waals surface area (Å²) in [6.45, 7) is 17.6. The summed E-state index contributed by atoms with van der Waals surface area (Å²) >= 11 is 0. The maximum Gasteiger partial charge on any atom is 0.416 e. The molecule has 2 aromatic carbocycles. The lowest BCUT2D eigenvalue weighted by atomic mass is 9.90. The second kappa shape index (κ2) is 22.8. The number of hydrogen-bond acceptors (Lipinski definition) is 5. The van der Waals surface area contributed by atoms with E-state index in [0.29, 0.717) is 36.1 Å². The van der Waals surface area contributed by atoms with Gasteiger partial charge in [0.25, 0.3) is 0 Å². The number of tetrazole rings is 1. The average molecular weight is 782 g/mol. The Morgan fingerprint density at radius 1 is 1.00 bits per heavy atom. The van der Waals surface area contributed by atoms with E-state index in [1.165, 1.54) is 36.3 Å². The monoisotopic (exact) mass is 781 g/mol. The number of anilines is 1. The molecule has 2 heterocycles. The van der Waals surface area contributed by atoms with Gasteiger partial charge in [-0.1, -0.05) is 63.6 Å². The van der Waals surface area contributed by atoms with Crippen LogP contribution >= 0.6 is 0 Å². The summed E-state index contributed by atoms with van der Waals surface area (Å²) in [4.78, 5) is 14.6. The Labute approximate surface area is 311 Å². The van der Waals surface area contributed by atoms with E-state index >= 15 is 0 Å². The number of allylic oxidation sites excluding steroid dienone is 3. The number of aromatic nitrogens is 4. The molecule has 1 aromatic heterocycles. The number of carboxylic acids is 1. The van der Waals surface area contributed by atoms with Crippen LogP contribution in [0.2, 0.25) is 0 Å². The minimum Gasteiger partial charge on any atom is -0.478 e. The van der Waals surface area contributed by atoms with Crippen LogP contribution in [0.3, 0.4) is 0 Å². The zero-order chi connectivity index (χ0) is 42.0. The van der Waals surface area contributed by atoms with Crippen LogP contribution < -0.4 is 4.90 Å². The predicted octanol–water partition coefficient (Wildman–Crippen LogP) is 11.7. The van der Waals surface area contributed by atoms with Crippen LogP contribution in [0.15, 0.2) is 60.2 Å². The molecule has 0 radical (unpaired) electrons. The molecule has 54 heavy (non-hydrogen) atoms. The average Bonchev–Trinajstić information content (AvgIpc) is 3.41. The molecule has 0 fully saturated rings. The number of carboxylic acid groups (broad SMARTS) is 1. The quantitative estimate of drug-likeness (QED) is 0.210.